The maximum atomic E-state index is 13.4. The van der Waals surface area contributed by atoms with E-state index in [9.17, 15) is 22.7 Å². The van der Waals surface area contributed by atoms with Crippen LogP contribution in [-0.4, -0.2) is 88.6 Å². The molecule has 168 valence electrons. The number of hydrogen-bond acceptors (Lipinski definition) is 7. The topological polar surface area (TPSA) is 118 Å². The summed E-state index contributed by atoms with van der Waals surface area (Å²) in [6.07, 6.45) is 1.84. The van der Waals surface area contributed by atoms with Crippen molar-refractivity contribution in [2.75, 3.05) is 39.4 Å². The van der Waals surface area contributed by atoms with E-state index in [1.54, 1.807) is 4.90 Å². The Labute approximate surface area is 179 Å². The Morgan fingerprint density at radius 3 is 2.58 bits per heavy atom. The summed E-state index contributed by atoms with van der Waals surface area (Å²) in [6, 6.07) is 4.87. The van der Waals surface area contributed by atoms with Gasteiger partial charge in [-0.25, -0.2) is 17.5 Å². The summed E-state index contributed by atoms with van der Waals surface area (Å²) in [5.41, 5.74) is -1.00. The Morgan fingerprint density at radius 2 is 1.90 bits per heavy atom. The fourth-order valence-electron chi connectivity index (χ4n) is 3.78. The van der Waals surface area contributed by atoms with Gasteiger partial charge in [0.25, 0.3) is 5.91 Å². The lowest BCUT2D eigenvalue weighted by Crippen LogP contribution is -2.48. The van der Waals surface area contributed by atoms with Crippen LogP contribution in [0.15, 0.2) is 35.4 Å². The lowest BCUT2D eigenvalue weighted by molar-refractivity contribution is -0.0224. The molecule has 10 nitrogen and oxygen atoms in total. The van der Waals surface area contributed by atoms with Crippen LogP contribution in [0.3, 0.4) is 0 Å². The Morgan fingerprint density at radius 1 is 1.19 bits per heavy atom. The zero-order valence-corrected chi connectivity index (χ0v) is 17.7. The van der Waals surface area contributed by atoms with Gasteiger partial charge >= 0.3 is 0 Å². The number of nitrogens with zero attached hydrogens (tertiary/aromatic N) is 5. The first-order valence-corrected chi connectivity index (χ1v) is 11.5. The van der Waals surface area contributed by atoms with E-state index in [0.29, 0.717) is 26.3 Å². The van der Waals surface area contributed by atoms with Crippen molar-refractivity contribution >= 4 is 15.9 Å². The molecule has 2 aliphatic rings. The second kappa shape index (κ2) is 8.61. The summed E-state index contributed by atoms with van der Waals surface area (Å²) in [7, 11) is -3.84. The largest absolute Gasteiger partial charge is 0.388 e. The maximum Gasteiger partial charge on any atom is 0.276 e. The zero-order valence-electron chi connectivity index (χ0n) is 16.9. The fraction of sp³-hybridized carbons (Fsp3) is 0.526. The van der Waals surface area contributed by atoms with Crippen LogP contribution < -0.4 is 0 Å². The predicted octanol–water partition coefficient (Wildman–Crippen LogP) is 0.105. The Balaban J connectivity index is 1.38. The number of halogens is 1. The van der Waals surface area contributed by atoms with Gasteiger partial charge in [0.05, 0.1) is 36.5 Å². The van der Waals surface area contributed by atoms with Crippen molar-refractivity contribution in [3.05, 3.63) is 42.0 Å². The maximum absolute atomic E-state index is 13.4. The van der Waals surface area contributed by atoms with Crippen LogP contribution in [0, 0.1) is 5.82 Å². The summed E-state index contributed by atoms with van der Waals surface area (Å²) in [6.45, 7) is 2.21. The Kier molecular flexibility index (Phi) is 6.06. The minimum atomic E-state index is -3.84. The van der Waals surface area contributed by atoms with Gasteiger partial charge in [-0.05, 0) is 31.0 Å². The number of carbonyl (C=O) groups is 1. The summed E-state index contributed by atoms with van der Waals surface area (Å²) in [5, 5.41) is 18.8. The van der Waals surface area contributed by atoms with Crippen molar-refractivity contribution in [2.24, 2.45) is 0 Å². The molecular formula is C19H24FN5O5S. The van der Waals surface area contributed by atoms with Gasteiger partial charge in [-0.2, -0.15) is 4.31 Å². The normalized spacial score (nSPS) is 20.0. The van der Waals surface area contributed by atoms with Gasteiger partial charge in [0.1, 0.15) is 5.82 Å². The first-order valence-electron chi connectivity index (χ1n) is 10.0. The van der Waals surface area contributed by atoms with Gasteiger partial charge in [-0.3, -0.25) is 4.79 Å². The summed E-state index contributed by atoms with van der Waals surface area (Å²) in [4.78, 5) is 14.0. The molecule has 2 aliphatic heterocycles. The summed E-state index contributed by atoms with van der Waals surface area (Å²) in [5.74, 6) is -0.860. The van der Waals surface area contributed by atoms with E-state index in [-0.39, 0.29) is 49.0 Å². The number of hydrogen-bond donors (Lipinski definition) is 1. The molecule has 2 aromatic rings. The first-order chi connectivity index (χ1) is 14.8. The molecule has 1 aromatic heterocycles. The molecule has 3 heterocycles. The smallest absolute Gasteiger partial charge is 0.276 e. The van der Waals surface area contributed by atoms with Gasteiger partial charge < -0.3 is 14.7 Å². The second-order valence-electron chi connectivity index (χ2n) is 7.79. The molecule has 1 aromatic carbocycles. The molecule has 0 spiro atoms. The number of rotatable bonds is 5. The molecule has 2 fully saturated rings. The van der Waals surface area contributed by atoms with E-state index in [0.717, 1.165) is 6.07 Å². The molecule has 4 rings (SSSR count). The number of sulfonamides is 1. The van der Waals surface area contributed by atoms with Crippen molar-refractivity contribution in [2.45, 2.75) is 29.9 Å². The second-order valence-corrected chi connectivity index (χ2v) is 9.73. The Hall–Kier alpha value is -2.41. The minimum absolute atomic E-state index is 0.0869. The number of benzene rings is 1. The van der Waals surface area contributed by atoms with E-state index in [2.05, 4.69) is 10.3 Å². The molecule has 0 unspecified atom stereocenters. The predicted molar refractivity (Wildman–Crippen MR) is 106 cm³/mol. The van der Waals surface area contributed by atoms with Gasteiger partial charge in [0.2, 0.25) is 10.0 Å². The Bertz CT molecular complexity index is 1050. The first kappa shape index (κ1) is 21.8. The number of aliphatic hydroxyl groups is 1. The van der Waals surface area contributed by atoms with Crippen molar-refractivity contribution in [3.63, 3.8) is 0 Å². The quantitative estimate of drug-likeness (QED) is 0.683. The molecule has 2 saturated heterocycles. The van der Waals surface area contributed by atoms with Crippen LogP contribution in [0.25, 0.3) is 0 Å². The molecule has 1 N–H and O–H groups in total. The van der Waals surface area contributed by atoms with Gasteiger partial charge in [-0.15, -0.1) is 5.10 Å². The third-order valence-electron chi connectivity index (χ3n) is 5.60. The average molecular weight is 453 g/mol. The van der Waals surface area contributed by atoms with E-state index in [4.69, 9.17) is 4.74 Å². The van der Waals surface area contributed by atoms with Gasteiger partial charge in [0.15, 0.2) is 5.69 Å². The molecule has 0 bridgehead atoms. The lowest BCUT2D eigenvalue weighted by Gasteiger charge is -2.37. The number of amides is 1. The van der Waals surface area contributed by atoms with E-state index >= 15 is 0 Å². The highest BCUT2D eigenvalue weighted by atomic mass is 32.2. The number of ether oxygens (including phenoxy) is 1. The molecule has 0 aliphatic carbocycles. The lowest BCUT2D eigenvalue weighted by atomic mass is 9.92. The van der Waals surface area contributed by atoms with Gasteiger partial charge in [-0.1, -0.05) is 11.3 Å². The number of piperidine rings is 1. The van der Waals surface area contributed by atoms with Crippen LogP contribution in [-0.2, 0) is 21.3 Å². The fourth-order valence-corrected chi connectivity index (χ4v) is 5.25. The van der Waals surface area contributed by atoms with E-state index in [1.165, 1.54) is 33.4 Å². The average Bonchev–Trinajstić information content (AvgIpc) is 3.22. The third-order valence-corrected chi connectivity index (χ3v) is 7.49. The highest BCUT2D eigenvalue weighted by Crippen LogP contribution is 2.28. The van der Waals surface area contributed by atoms with E-state index in [1.807, 2.05) is 0 Å². The van der Waals surface area contributed by atoms with Crippen molar-refractivity contribution in [3.8, 4) is 0 Å². The number of aromatic nitrogens is 3. The van der Waals surface area contributed by atoms with Crippen LogP contribution in [0.5, 0.6) is 0 Å². The van der Waals surface area contributed by atoms with Crippen LogP contribution in [0.4, 0.5) is 4.39 Å². The van der Waals surface area contributed by atoms with Crippen molar-refractivity contribution < 1.29 is 27.4 Å². The number of carbonyl (C=O) groups excluding carboxylic acids is 1. The van der Waals surface area contributed by atoms with E-state index < -0.39 is 21.4 Å². The SMILES string of the molecule is O=C(c1cn(CC2(O)CCN(S(=O)(=O)c3cccc(F)c3)CC2)nn1)N1CCOCC1. The molecular weight excluding hydrogens is 429 g/mol. The molecule has 12 heteroatoms. The zero-order chi connectivity index (χ0) is 22.1. The molecule has 31 heavy (non-hydrogen) atoms. The summed E-state index contributed by atoms with van der Waals surface area (Å²) < 4.78 is 46.8. The molecule has 0 radical (unpaired) electrons. The number of morpholine rings is 1. The third kappa shape index (κ3) is 4.76. The summed E-state index contributed by atoms with van der Waals surface area (Å²) >= 11 is 0. The highest BCUT2D eigenvalue weighted by molar-refractivity contribution is 7.89. The molecule has 1 amide bonds. The minimum Gasteiger partial charge on any atom is -0.388 e. The standard InChI is InChI=1S/C19H24FN5O5S/c20-15-2-1-3-16(12-15)31(28,29)25-6-4-19(27,5-7-25)14-24-13-17(21-22-24)18(26)23-8-10-30-11-9-23/h1-3,12-13,27H,4-11,14H2. The van der Waals surface area contributed by atoms with Crippen LogP contribution >= 0.6 is 0 Å². The van der Waals surface area contributed by atoms with Gasteiger partial charge in [0, 0.05) is 26.2 Å². The molecule has 0 atom stereocenters. The van der Waals surface area contributed by atoms with Crippen molar-refractivity contribution in [1.29, 1.82) is 0 Å². The highest BCUT2D eigenvalue weighted by Gasteiger charge is 2.38. The van der Waals surface area contributed by atoms with Crippen LogP contribution in [0.2, 0.25) is 0 Å². The van der Waals surface area contributed by atoms with Crippen LogP contribution in [0.1, 0.15) is 23.3 Å². The molecule has 0 saturated carbocycles. The monoisotopic (exact) mass is 453 g/mol. The van der Waals surface area contributed by atoms with Crippen molar-refractivity contribution in [1.82, 2.24) is 24.2 Å².